The minimum absolute atomic E-state index is 0.0767. The van der Waals surface area contributed by atoms with E-state index in [4.69, 9.17) is 15.6 Å². The van der Waals surface area contributed by atoms with Gasteiger partial charge in [0, 0.05) is 107 Å². The lowest BCUT2D eigenvalue weighted by atomic mass is 9.82. The van der Waals surface area contributed by atoms with E-state index < -0.39 is 18.0 Å². The molecule has 3 aliphatic heterocycles. The van der Waals surface area contributed by atoms with Gasteiger partial charge in [-0.3, -0.25) is 19.4 Å². The molecule has 4 atom stereocenters. The van der Waals surface area contributed by atoms with Crippen molar-refractivity contribution in [1.29, 1.82) is 0 Å². The summed E-state index contributed by atoms with van der Waals surface area (Å²) in [6, 6.07) is 13.3. The third-order valence-electron chi connectivity index (χ3n) is 14.0. The minimum atomic E-state index is -0.786. The molecule has 0 bridgehead atoms. The molecule has 4 aromatic rings. The second-order valence-electron chi connectivity index (χ2n) is 18.9. The van der Waals surface area contributed by atoms with E-state index in [1.54, 1.807) is 30.6 Å². The topological polar surface area (TPSA) is 184 Å². The van der Waals surface area contributed by atoms with Crippen molar-refractivity contribution in [2.24, 2.45) is 17.6 Å². The molecule has 3 saturated heterocycles. The number of benzene rings is 2. The number of pyridine rings is 2. The van der Waals surface area contributed by atoms with Crippen LogP contribution in [0.5, 0.6) is 0 Å². The number of nitrogens with one attached hydrogen (secondary N) is 1. The van der Waals surface area contributed by atoms with Crippen molar-refractivity contribution in [3.8, 4) is 0 Å². The van der Waals surface area contributed by atoms with Crippen LogP contribution >= 0.6 is 0 Å². The fourth-order valence-electron chi connectivity index (χ4n) is 10.2. The van der Waals surface area contributed by atoms with Gasteiger partial charge in [0.1, 0.15) is 23.3 Å². The second-order valence-corrected chi connectivity index (χ2v) is 18.9. The Bertz CT molecular complexity index is 2160. The van der Waals surface area contributed by atoms with Gasteiger partial charge in [-0.05, 0) is 84.7 Å². The Morgan fingerprint density at radius 3 is 1.67 bits per heavy atom. The van der Waals surface area contributed by atoms with Crippen molar-refractivity contribution in [2.75, 3.05) is 88.4 Å². The van der Waals surface area contributed by atoms with Crippen molar-refractivity contribution >= 4 is 45.1 Å². The molecule has 2 aliphatic carbocycles. The first-order valence-corrected chi connectivity index (χ1v) is 24.2. The number of carboxylic acids is 2. The van der Waals surface area contributed by atoms with Gasteiger partial charge in [-0.25, -0.2) is 18.7 Å². The highest BCUT2D eigenvalue weighted by Gasteiger charge is 2.29. The number of rotatable bonds is 15. The lowest BCUT2D eigenvalue weighted by Crippen LogP contribution is -2.51. The zero-order valence-electron chi connectivity index (χ0n) is 38.3. The normalized spacial score (nSPS) is 21.3. The van der Waals surface area contributed by atoms with Gasteiger partial charge < -0.3 is 40.9 Å². The fourth-order valence-corrected chi connectivity index (χ4v) is 10.2. The summed E-state index contributed by atoms with van der Waals surface area (Å²) in [6.45, 7) is 9.83. The van der Waals surface area contributed by atoms with Gasteiger partial charge in [0.05, 0.1) is 31.7 Å². The number of carbonyl (C=O) groups is 2. The summed E-state index contributed by atoms with van der Waals surface area (Å²) in [5.74, 6) is 0.506. The molecule has 2 saturated carbocycles. The predicted molar refractivity (Wildman–Crippen MR) is 254 cm³/mol. The smallest absolute Gasteiger partial charge is 0.304 e. The Balaban J connectivity index is 0.000000166. The Morgan fingerprint density at radius 1 is 0.697 bits per heavy atom. The van der Waals surface area contributed by atoms with Crippen molar-refractivity contribution in [3.63, 3.8) is 0 Å². The number of ether oxygens (including phenoxy) is 1. The van der Waals surface area contributed by atoms with Crippen LogP contribution in [0.25, 0.3) is 21.5 Å². The maximum absolute atomic E-state index is 13.8. The zero-order valence-corrected chi connectivity index (χ0v) is 38.3. The predicted octanol–water partition coefficient (Wildman–Crippen LogP) is 6.13. The van der Waals surface area contributed by atoms with Crippen LogP contribution in [0, 0.1) is 23.5 Å². The highest BCUT2D eigenvalue weighted by Crippen LogP contribution is 2.30. The molecule has 9 rings (SSSR count). The Morgan fingerprint density at radius 2 is 1.18 bits per heavy atom. The van der Waals surface area contributed by atoms with E-state index in [9.17, 15) is 28.6 Å². The second kappa shape index (κ2) is 24.4. The summed E-state index contributed by atoms with van der Waals surface area (Å²) in [4.78, 5) is 39.8. The number of piperazine rings is 2. The quantitative estimate of drug-likeness (QED) is 0.0859. The van der Waals surface area contributed by atoms with Gasteiger partial charge >= 0.3 is 11.9 Å². The Hall–Kier alpha value is -4.58. The summed E-state index contributed by atoms with van der Waals surface area (Å²) in [5.41, 5.74) is 5.77. The number of aliphatic hydroxyl groups excluding tert-OH is 1. The van der Waals surface area contributed by atoms with Crippen LogP contribution in [0.4, 0.5) is 20.4 Å². The molecule has 6 N–H and O–H groups in total. The number of fused-ring (bicyclic) bond motifs is 2. The van der Waals surface area contributed by atoms with Gasteiger partial charge in [0.2, 0.25) is 0 Å². The number of β-amino-alcohol motifs (C(OH)–C–C–N with tert-alkyl or cyclic N) is 1. The summed E-state index contributed by atoms with van der Waals surface area (Å²) in [7, 11) is 0. The Kier molecular flexibility index (Phi) is 18.3. The van der Waals surface area contributed by atoms with Crippen LogP contribution in [-0.2, 0) is 14.3 Å². The molecule has 0 radical (unpaired) electrons. The van der Waals surface area contributed by atoms with Crippen LogP contribution in [0.2, 0.25) is 0 Å². The molecular formula is C50H70F2N8O6. The first-order chi connectivity index (χ1) is 32.0. The number of anilines is 2. The average Bonchev–Trinajstić information content (AvgIpc) is 4.15. The van der Waals surface area contributed by atoms with Gasteiger partial charge in [-0.1, -0.05) is 50.7 Å². The monoisotopic (exact) mass is 917 g/mol. The largest absolute Gasteiger partial charge is 0.481 e. The van der Waals surface area contributed by atoms with E-state index >= 15 is 0 Å². The SMILES string of the molecule is Fc1ccc2ccnc(N3CCN(CC4CO4)CC3)c2c1.NC(CC(=O)O)C1CCCCC1.O=C(O)CC(NC[C@@H](O)CN1CCN(c2nccc3ccc(F)cc23)CC1)C1CCCCC1. The number of nitrogens with zero attached hydrogens (tertiary/aromatic N) is 6. The van der Waals surface area contributed by atoms with Gasteiger partial charge in [0.25, 0.3) is 0 Å². The van der Waals surface area contributed by atoms with Crippen LogP contribution in [0.1, 0.15) is 77.0 Å². The van der Waals surface area contributed by atoms with Crippen molar-refractivity contribution in [2.45, 2.75) is 101 Å². The molecule has 0 amide bonds. The van der Waals surface area contributed by atoms with E-state index in [1.165, 1.54) is 37.8 Å². The molecule has 66 heavy (non-hydrogen) atoms. The van der Waals surface area contributed by atoms with E-state index in [0.717, 1.165) is 137 Å². The van der Waals surface area contributed by atoms with E-state index in [0.29, 0.717) is 31.0 Å². The summed E-state index contributed by atoms with van der Waals surface area (Å²) >= 11 is 0. The first kappa shape index (κ1) is 49.3. The van der Waals surface area contributed by atoms with E-state index in [1.807, 2.05) is 18.2 Å². The molecule has 2 aromatic carbocycles. The average molecular weight is 917 g/mol. The minimum Gasteiger partial charge on any atom is -0.481 e. The molecular weight excluding hydrogens is 847 g/mol. The van der Waals surface area contributed by atoms with Gasteiger partial charge in [-0.2, -0.15) is 0 Å². The number of epoxide rings is 1. The summed E-state index contributed by atoms with van der Waals surface area (Å²) in [5, 5.41) is 35.5. The van der Waals surface area contributed by atoms with Crippen LogP contribution < -0.4 is 20.9 Å². The van der Waals surface area contributed by atoms with Gasteiger partial charge in [-0.15, -0.1) is 0 Å². The van der Waals surface area contributed by atoms with Crippen molar-refractivity contribution in [3.05, 3.63) is 72.6 Å². The number of aliphatic hydroxyl groups is 1. The first-order valence-electron chi connectivity index (χ1n) is 24.2. The standard InChI is InChI=1S/C25H35FN4O3.C16H18FN3O.C9H17NO2/c26-20-7-6-18-8-9-27-25(22(18)14-20)30-12-10-29(11-13-30)17-21(31)16-28-23(15-24(32)33)19-4-2-1-3-5-19;17-13-2-1-12-3-4-18-16(15(12)9-13)20-7-5-19(6-8-20)10-14-11-21-14;10-8(6-9(11)12)7-4-2-1-3-5-7/h6-9,14,19,21,23,28,31H,1-5,10-13,15-17H2,(H,32,33);1-4,9,14H,5-8,10-11H2;7-8H,1-6,10H2,(H,11,12)/t21-,23?;;/m1../s1. The molecule has 5 heterocycles. The number of carboxylic acid groups (broad SMARTS) is 2. The Labute approximate surface area is 387 Å². The van der Waals surface area contributed by atoms with Crippen LogP contribution in [0.3, 0.4) is 0 Å². The third-order valence-corrected chi connectivity index (χ3v) is 14.0. The van der Waals surface area contributed by atoms with Crippen molar-refractivity contribution in [1.82, 2.24) is 25.1 Å². The fraction of sp³-hybridized carbons (Fsp3) is 0.600. The summed E-state index contributed by atoms with van der Waals surface area (Å²) < 4.78 is 32.6. The highest BCUT2D eigenvalue weighted by molar-refractivity contribution is 5.93. The molecule has 5 aliphatic rings. The molecule has 360 valence electrons. The number of aliphatic carboxylic acids is 2. The number of hydrogen-bond acceptors (Lipinski definition) is 12. The molecule has 5 fully saturated rings. The lowest BCUT2D eigenvalue weighted by Gasteiger charge is -2.37. The maximum Gasteiger partial charge on any atom is 0.304 e. The maximum atomic E-state index is 13.8. The van der Waals surface area contributed by atoms with E-state index in [-0.39, 0.29) is 36.6 Å². The highest BCUT2D eigenvalue weighted by atomic mass is 19.1. The zero-order chi connectivity index (χ0) is 46.4. The van der Waals surface area contributed by atoms with E-state index in [2.05, 4.69) is 34.9 Å². The van der Waals surface area contributed by atoms with Crippen LogP contribution in [-0.4, -0.2) is 150 Å². The van der Waals surface area contributed by atoms with Gasteiger partial charge in [0.15, 0.2) is 0 Å². The van der Waals surface area contributed by atoms with Crippen molar-refractivity contribution < 1.29 is 38.4 Å². The number of hydrogen-bond donors (Lipinski definition) is 5. The van der Waals surface area contributed by atoms with Crippen LogP contribution in [0.15, 0.2) is 60.9 Å². The number of aromatic nitrogens is 2. The number of nitrogens with two attached hydrogens (primary N) is 1. The molecule has 2 aromatic heterocycles. The molecule has 3 unspecified atom stereocenters. The third kappa shape index (κ3) is 14.7. The molecule has 0 spiro atoms. The molecule has 14 nitrogen and oxygen atoms in total. The summed E-state index contributed by atoms with van der Waals surface area (Å²) in [6.07, 6.45) is 15.3. The molecule has 16 heteroatoms. The lowest BCUT2D eigenvalue weighted by molar-refractivity contribution is -0.139. The number of halogens is 2.